The number of carbonyl (C=O) groups excluding carboxylic acids is 1. The molecule has 0 aromatic heterocycles. The summed E-state index contributed by atoms with van der Waals surface area (Å²) >= 11 is 1.83. The van der Waals surface area contributed by atoms with E-state index in [-0.39, 0.29) is 18.5 Å². The summed E-state index contributed by atoms with van der Waals surface area (Å²) in [5.74, 6) is 1.98. The Labute approximate surface area is 118 Å². The first-order chi connectivity index (χ1) is 8.87. The van der Waals surface area contributed by atoms with Gasteiger partial charge in [0.25, 0.3) is 6.41 Å². The van der Waals surface area contributed by atoms with E-state index in [1.807, 2.05) is 39.5 Å². The molecule has 0 aliphatic carbocycles. The third kappa shape index (κ3) is 10.0. The highest BCUT2D eigenvalue weighted by atomic mass is 32.2. The van der Waals surface area contributed by atoms with Crippen LogP contribution in [0, 0.1) is 0 Å². The Morgan fingerprint density at radius 1 is 1.37 bits per heavy atom. The molecule has 1 rings (SSSR count). The van der Waals surface area contributed by atoms with E-state index in [1.165, 1.54) is 0 Å². The van der Waals surface area contributed by atoms with Gasteiger partial charge in [-0.05, 0) is 39.9 Å². The maximum Gasteiger partial charge on any atom is 0.407 e. The molecule has 0 aromatic rings. The molecule has 19 heavy (non-hydrogen) atoms. The van der Waals surface area contributed by atoms with Crippen LogP contribution in [0.1, 0.15) is 34.1 Å². The van der Waals surface area contributed by atoms with Gasteiger partial charge in [0.05, 0.1) is 0 Å². The lowest BCUT2D eigenvalue weighted by molar-refractivity contribution is 0.0508. The van der Waals surface area contributed by atoms with Gasteiger partial charge in [-0.2, -0.15) is 21.5 Å². The molecule has 1 aliphatic heterocycles. The summed E-state index contributed by atoms with van der Waals surface area (Å²) in [6, 6.07) is 0.116. The zero-order chi connectivity index (χ0) is 14.3. The number of amides is 1. The minimum atomic E-state index is -0.447. The lowest BCUT2D eigenvalue weighted by atomic mass is 10.2. The molecule has 2 N–H and O–H groups in total. The van der Waals surface area contributed by atoms with Crippen molar-refractivity contribution in [3.63, 3.8) is 0 Å². The normalized spacial score (nSPS) is 17.1. The number of hydrogen-bond donors (Lipinski definition) is 2. The predicted octanol–water partition coefficient (Wildman–Crippen LogP) is 1.86. The highest BCUT2D eigenvalue weighted by molar-refractivity contribution is 7.99. The lowest BCUT2D eigenvalue weighted by Crippen LogP contribution is -2.37. The molecule has 1 heterocycles. The topological polar surface area (TPSA) is 75.4 Å². The quantitative estimate of drug-likeness (QED) is 0.404. The molecular weight excluding hydrogens is 268 g/mol. The van der Waals surface area contributed by atoms with Crippen molar-refractivity contribution in [1.29, 1.82) is 0 Å². The molecule has 7 heteroatoms. The second-order valence-electron chi connectivity index (χ2n) is 5.43. The second-order valence-corrected chi connectivity index (χ2v) is 6.65. The fraction of sp³-hybridized carbons (Fsp3) is 0.917. The summed E-state index contributed by atoms with van der Waals surface area (Å²) in [7, 11) is 0. The first-order valence-corrected chi connectivity index (χ1v) is 7.65. The van der Waals surface area contributed by atoms with Gasteiger partial charge in [-0.3, -0.25) is 5.32 Å². The van der Waals surface area contributed by atoms with Crippen molar-refractivity contribution in [1.82, 2.24) is 10.6 Å². The summed E-state index contributed by atoms with van der Waals surface area (Å²) in [6.45, 7) is 8.39. The van der Waals surface area contributed by atoms with Gasteiger partial charge in [-0.15, -0.1) is 0 Å². The molecule has 0 aromatic carbocycles. The summed E-state index contributed by atoms with van der Waals surface area (Å²) in [6.07, 6.45) is 0.364. The Hall–Kier alpha value is -0.500. The van der Waals surface area contributed by atoms with Gasteiger partial charge in [0.15, 0.2) is 0 Å². The Kier molecular flexibility index (Phi) is 6.92. The minimum absolute atomic E-state index is 0.116. The molecule has 6 nitrogen and oxygen atoms in total. The number of hydrogen-bond acceptors (Lipinski definition) is 6. The third-order valence-electron chi connectivity index (χ3n) is 2.21. The molecule has 1 fully saturated rings. The summed E-state index contributed by atoms with van der Waals surface area (Å²) in [4.78, 5) is 20.6. The van der Waals surface area contributed by atoms with E-state index in [9.17, 15) is 4.79 Å². The summed E-state index contributed by atoms with van der Waals surface area (Å²) in [5.41, 5.74) is -0.447. The molecular formula is C12H24N2O4S. The van der Waals surface area contributed by atoms with Crippen LogP contribution in [0.2, 0.25) is 0 Å². The Morgan fingerprint density at radius 2 is 2.05 bits per heavy atom. The van der Waals surface area contributed by atoms with Crippen molar-refractivity contribution in [3.05, 3.63) is 0 Å². The van der Waals surface area contributed by atoms with Gasteiger partial charge in [0, 0.05) is 18.3 Å². The monoisotopic (exact) mass is 292 g/mol. The number of carbonyl (C=O) groups is 1. The minimum Gasteiger partial charge on any atom is -0.444 e. The summed E-state index contributed by atoms with van der Waals surface area (Å²) in [5, 5.41) is 5.87. The maximum absolute atomic E-state index is 11.5. The van der Waals surface area contributed by atoms with Crippen LogP contribution in [-0.4, -0.2) is 42.2 Å². The molecule has 1 atom stereocenters. The van der Waals surface area contributed by atoms with E-state index in [0.717, 1.165) is 24.5 Å². The van der Waals surface area contributed by atoms with Crippen LogP contribution in [0.15, 0.2) is 0 Å². The Bertz CT molecular complexity index is 279. The van der Waals surface area contributed by atoms with E-state index in [4.69, 9.17) is 4.74 Å². The predicted molar refractivity (Wildman–Crippen MR) is 74.7 cm³/mol. The van der Waals surface area contributed by atoms with Gasteiger partial charge < -0.3 is 10.1 Å². The Balaban J connectivity index is 1.94. The average Bonchev–Trinajstić information content (AvgIpc) is 3.03. The first kappa shape index (κ1) is 16.6. The highest BCUT2D eigenvalue weighted by Crippen LogP contribution is 2.10. The van der Waals surface area contributed by atoms with E-state index in [1.54, 1.807) is 0 Å². The van der Waals surface area contributed by atoms with E-state index in [0.29, 0.717) is 0 Å². The van der Waals surface area contributed by atoms with Gasteiger partial charge >= 0.3 is 6.09 Å². The molecule has 0 bridgehead atoms. The van der Waals surface area contributed by atoms with Gasteiger partial charge in [0.1, 0.15) is 5.60 Å². The maximum atomic E-state index is 11.5. The molecule has 1 amide bonds. The molecule has 1 aliphatic rings. The highest BCUT2D eigenvalue weighted by Gasteiger charge is 2.23. The summed E-state index contributed by atoms with van der Waals surface area (Å²) < 4.78 is 5.19. The number of ether oxygens (including phenoxy) is 1. The Morgan fingerprint density at radius 3 is 2.63 bits per heavy atom. The SMILES string of the molecule is C[C@H](CCSCCNC1OO1)NC(=O)OC(C)(C)C. The van der Waals surface area contributed by atoms with Crippen LogP contribution in [0.25, 0.3) is 0 Å². The molecule has 0 saturated carbocycles. The number of rotatable bonds is 8. The largest absolute Gasteiger partial charge is 0.444 e. The van der Waals surface area contributed by atoms with E-state index in [2.05, 4.69) is 20.4 Å². The van der Waals surface area contributed by atoms with Crippen LogP contribution in [0.4, 0.5) is 4.79 Å². The van der Waals surface area contributed by atoms with Gasteiger partial charge in [-0.1, -0.05) is 0 Å². The van der Waals surface area contributed by atoms with Crippen molar-refractivity contribution in [2.45, 2.75) is 52.2 Å². The first-order valence-electron chi connectivity index (χ1n) is 6.49. The van der Waals surface area contributed by atoms with Gasteiger partial charge in [-0.25, -0.2) is 4.79 Å². The smallest absolute Gasteiger partial charge is 0.407 e. The average molecular weight is 292 g/mol. The van der Waals surface area contributed by atoms with Crippen LogP contribution >= 0.6 is 11.8 Å². The zero-order valence-electron chi connectivity index (χ0n) is 12.0. The van der Waals surface area contributed by atoms with Crippen LogP contribution < -0.4 is 10.6 Å². The molecule has 0 radical (unpaired) electrons. The fourth-order valence-corrected chi connectivity index (χ4v) is 2.27. The molecule has 0 spiro atoms. The number of alkyl carbamates (subject to hydrolysis) is 1. The van der Waals surface area contributed by atoms with E-state index < -0.39 is 5.60 Å². The molecule has 1 saturated heterocycles. The van der Waals surface area contributed by atoms with Crippen LogP contribution in [0.5, 0.6) is 0 Å². The van der Waals surface area contributed by atoms with Crippen molar-refractivity contribution in [3.8, 4) is 0 Å². The second kappa shape index (κ2) is 7.94. The standard InChI is InChI=1S/C12H24N2O4S/c1-9(14-10(15)16-12(2,3)4)5-7-19-8-6-13-11-17-18-11/h9,11,13H,5-8H2,1-4H3,(H,14,15)/t9-/m1/s1. The van der Waals surface area contributed by atoms with Crippen molar-refractivity contribution < 1.29 is 19.3 Å². The van der Waals surface area contributed by atoms with E-state index >= 15 is 0 Å². The van der Waals surface area contributed by atoms with Crippen molar-refractivity contribution in [2.75, 3.05) is 18.1 Å². The van der Waals surface area contributed by atoms with Gasteiger partial charge in [0.2, 0.25) is 0 Å². The van der Waals surface area contributed by atoms with Crippen LogP contribution in [0.3, 0.4) is 0 Å². The lowest BCUT2D eigenvalue weighted by Gasteiger charge is -2.21. The zero-order valence-corrected chi connectivity index (χ0v) is 12.8. The molecule has 112 valence electrons. The van der Waals surface area contributed by atoms with Crippen molar-refractivity contribution in [2.24, 2.45) is 0 Å². The van der Waals surface area contributed by atoms with Crippen LogP contribution in [-0.2, 0) is 14.5 Å². The van der Waals surface area contributed by atoms with Crippen molar-refractivity contribution >= 4 is 17.9 Å². The fourth-order valence-electron chi connectivity index (χ4n) is 1.29. The number of thioether (sulfide) groups is 1. The molecule has 0 unspecified atom stereocenters. The number of nitrogens with one attached hydrogen (secondary N) is 2. The third-order valence-corrected chi connectivity index (χ3v) is 3.23.